The molecule has 1 aliphatic heterocycles. The molecule has 0 spiro atoms. The van der Waals surface area contributed by atoms with Crippen LogP contribution in [0.4, 0.5) is 0 Å². The molecule has 1 aliphatic rings. The van der Waals surface area contributed by atoms with Crippen LogP contribution in [0.15, 0.2) is 24.3 Å². The minimum Gasteiger partial charge on any atom is -0.482 e. The van der Waals surface area contributed by atoms with Crippen LogP contribution >= 0.6 is 23.4 Å². The summed E-state index contributed by atoms with van der Waals surface area (Å²) in [5.74, 6) is 0.0240. The second kappa shape index (κ2) is 6.37. The zero-order valence-corrected chi connectivity index (χ0v) is 12.2. The average molecular weight is 316 g/mol. The van der Waals surface area contributed by atoms with E-state index in [1.807, 2.05) is 0 Å². The Morgan fingerprint density at radius 3 is 2.80 bits per heavy atom. The van der Waals surface area contributed by atoms with Crippen LogP contribution in [0, 0.1) is 0 Å². The Labute approximate surface area is 125 Å². The number of nitrogens with one attached hydrogen (secondary N) is 1. The number of carboxylic acid groups (broad SMARTS) is 1. The summed E-state index contributed by atoms with van der Waals surface area (Å²) in [5, 5.41) is 12.2. The number of hydrogen-bond acceptors (Lipinski definition) is 4. The Bertz CT molecular complexity index is 517. The van der Waals surface area contributed by atoms with Crippen molar-refractivity contribution in [1.29, 1.82) is 0 Å². The highest BCUT2D eigenvalue weighted by Gasteiger charge is 2.43. The Morgan fingerprint density at radius 1 is 1.45 bits per heavy atom. The number of carbonyl (C=O) groups excluding carboxylic acids is 1. The number of para-hydroxylation sites is 1. The fraction of sp³-hybridized carbons (Fsp3) is 0.385. The minimum absolute atomic E-state index is 0.260. The Balaban J connectivity index is 1.92. The first kappa shape index (κ1) is 15.0. The van der Waals surface area contributed by atoms with Crippen LogP contribution in [-0.4, -0.2) is 40.6 Å². The van der Waals surface area contributed by atoms with E-state index in [0.717, 1.165) is 5.75 Å². The Hall–Kier alpha value is -1.40. The van der Waals surface area contributed by atoms with Gasteiger partial charge >= 0.3 is 5.97 Å². The molecule has 0 radical (unpaired) electrons. The van der Waals surface area contributed by atoms with Crippen LogP contribution in [0.3, 0.4) is 0 Å². The van der Waals surface area contributed by atoms with Crippen molar-refractivity contribution >= 4 is 35.2 Å². The number of halogens is 1. The molecule has 1 aromatic rings. The summed E-state index contributed by atoms with van der Waals surface area (Å²) in [5.41, 5.74) is -1.18. The van der Waals surface area contributed by atoms with E-state index >= 15 is 0 Å². The number of hydrogen-bond donors (Lipinski definition) is 2. The maximum Gasteiger partial charge on any atom is 0.330 e. The number of ether oxygens (including phenoxy) is 1. The number of thioether (sulfide) groups is 1. The molecule has 1 fully saturated rings. The number of aliphatic carboxylic acids is 1. The first-order valence-corrected chi connectivity index (χ1v) is 7.56. The van der Waals surface area contributed by atoms with Crippen LogP contribution < -0.4 is 10.1 Å². The van der Waals surface area contributed by atoms with Crippen LogP contribution in [0.2, 0.25) is 5.02 Å². The van der Waals surface area contributed by atoms with Crippen LogP contribution in [-0.2, 0) is 9.59 Å². The SMILES string of the molecule is O=C(COc1ccccc1Cl)N[C@@]1(C(=O)O)CCSC1. The van der Waals surface area contributed by atoms with Gasteiger partial charge in [-0.3, -0.25) is 4.79 Å². The van der Waals surface area contributed by atoms with Gasteiger partial charge in [0.05, 0.1) is 5.02 Å². The molecule has 7 heteroatoms. The Morgan fingerprint density at radius 2 is 2.20 bits per heavy atom. The molecule has 1 aromatic carbocycles. The maximum absolute atomic E-state index is 11.8. The van der Waals surface area contributed by atoms with Gasteiger partial charge in [-0.15, -0.1) is 0 Å². The normalized spacial score (nSPS) is 21.4. The van der Waals surface area contributed by atoms with Gasteiger partial charge in [0.25, 0.3) is 5.91 Å². The summed E-state index contributed by atoms with van der Waals surface area (Å²) in [6.45, 7) is -0.260. The number of benzene rings is 1. The summed E-state index contributed by atoms with van der Waals surface area (Å²) in [7, 11) is 0. The maximum atomic E-state index is 11.8. The van der Waals surface area contributed by atoms with Gasteiger partial charge in [-0.1, -0.05) is 23.7 Å². The molecular formula is C13H14ClNO4S. The lowest BCUT2D eigenvalue weighted by molar-refractivity contribution is -0.146. The predicted molar refractivity (Wildman–Crippen MR) is 77.4 cm³/mol. The van der Waals surface area contributed by atoms with Crippen LogP contribution in [0.1, 0.15) is 6.42 Å². The van der Waals surface area contributed by atoms with Crippen molar-refractivity contribution in [3.63, 3.8) is 0 Å². The molecule has 1 heterocycles. The second-order valence-corrected chi connectivity index (χ2v) is 5.97. The summed E-state index contributed by atoms with van der Waals surface area (Å²) in [4.78, 5) is 23.1. The third-order valence-corrected chi connectivity index (χ3v) is 4.51. The van der Waals surface area contributed by atoms with Gasteiger partial charge in [-0.25, -0.2) is 4.79 Å². The van der Waals surface area contributed by atoms with Crippen molar-refractivity contribution in [3.8, 4) is 5.75 Å². The third kappa shape index (κ3) is 3.37. The highest BCUT2D eigenvalue weighted by molar-refractivity contribution is 7.99. The Kier molecular flexibility index (Phi) is 4.77. The van der Waals surface area contributed by atoms with Crippen molar-refractivity contribution < 1.29 is 19.4 Å². The van der Waals surface area contributed by atoms with E-state index in [9.17, 15) is 14.7 Å². The molecule has 0 aliphatic carbocycles. The molecule has 0 saturated carbocycles. The van der Waals surface area contributed by atoms with Gasteiger partial charge in [-0.2, -0.15) is 11.8 Å². The highest BCUT2D eigenvalue weighted by Crippen LogP contribution is 2.28. The van der Waals surface area contributed by atoms with Crippen molar-refractivity contribution in [2.75, 3.05) is 18.1 Å². The quantitative estimate of drug-likeness (QED) is 0.866. The van der Waals surface area contributed by atoms with E-state index in [4.69, 9.17) is 16.3 Å². The fourth-order valence-corrected chi connectivity index (χ4v) is 3.41. The number of carbonyl (C=O) groups is 2. The number of carboxylic acids is 1. The fourth-order valence-electron chi connectivity index (χ4n) is 1.89. The van der Waals surface area contributed by atoms with Crippen molar-refractivity contribution in [2.24, 2.45) is 0 Å². The first-order valence-electron chi connectivity index (χ1n) is 6.03. The van der Waals surface area contributed by atoms with E-state index in [-0.39, 0.29) is 6.61 Å². The third-order valence-electron chi connectivity index (χ3n) is 3.01. The molecule has 108 valence electrons. The molecule has 1 saturated heterocycles. The summed E-state index contributed by atoms with van der Waals surface area (Å²) in [6, 6.07) is 6.80. The lowest BCUT2D eigenvalue weighted by atomic mass is 9.99. The van der Waals surface area contributed by atoms with Gasteiger partial charge in [0.2, 0.25) is 0 Å². The lowest BCUT2D eigenvalue weighted by Crippen LogP contribution is -2.55. The summed E-state index contributed by atoms with van der Waals surface area (Å²) < 4.78 is 5.29. The average Bonchev–Trinajstić information content (AvgIpc) is 2.88. The van der Waals surface area contributed by atoms with Gasteiger partial charge in [-0.05, 0) is 24.3 Å². The second-order valence-electron chi connectivity index (χ2n) is 4.46. The predicted octanol–water partition coefficient (Wildman–Crippen LogP) is 1.80. The molecular weight excluding hydrogens is 302 g/mol. The number of rotatable bonds is 5. The van der Waals surface area contributed by atoms with Gasteiger partial charge in [0.15, 0.2) is 6.61 Å². The largest absolute Gasteiger partial charge is 0.482 e. The molecule has 0 bridgehead atoms. The summed E-state index contributed by atoms with van der Waals surface area (Å²) >= 11 is 7.41. The molecule has 2 rings (SSSR count). The first-order chi connectivity index (χ1) is 9.53. The molecule has 1 amide bonds. The van der Waals surface area contributed by atoms with Crippen LogP contribution in [0.25, 0.3) is 0 Å². The van der Waals surface area contributed by atoms with E-state index in [0.29, 0.717) is 22.9 Å². The van der Waals surface area contributed by atoms with Gasteiger partial charge < -0.3 is 15.2 Å². The molecule has 20 heavy (non-hydrogen) atoms. The zero-order chi connectivity index (χ0) is 14.6. The van der Waals surface area contributed by atoms with Gasteiger partial charge in [0, 0.05) is 5.75 Å². The van der Waals surface area contributed by atoms with E-state index < -0.39 is 17.4 Å². The minimum atomic E-state index is -1.18. The van der Waals surface area contributed by atoms with Crippen molar-refractivity contribution in [2.45, 2.75) is 12.0 Å². The monoisotopic (exact) mass is 315 g/mol. The van der Waals surface area contributed by atoms with Gasteiger partial charge in [0.1, 0.15) is 11.3 Å². The standard InChI is InChI=1S/C13H14ClNO4S/c14-9-3-1-2-4-10(9)19-7-11(16)15-13(12(17)18)5-6-20-8-13/h1-4H,5-8H2,(H,15,16)(H,17,18)/t13-/m0/s1. The molecule has 1 atom stereocenters. The van der Waals surface area contributed by atoms with Crippen molar-refractivity contribution in [1.82, 2.24) is 5.32 Å². The van der Waals surface area contributed by atoms with E-state index in [1.165, 1.54) is 11.8 Å². The molecule has 0 aromatic heterocycles. The molecule has 2 N–H and O–H groups in total. The number of amides is 1. The van der Waals surface area contributed by atoms with Crippen LogP contribution in [0.5, 0.6) is 5.75 Å². The van der Waals surface area contributed by atoms with E-state index in [2.05, 4.69) is 5.32 Å². The highest BCUT2D eigenvalue weighted by atomic mass is 35.5. The zero-order valence-electron chi connectivity index (χ0n) is 10.6. The topological polar surface area (TPSA) is 75.6 Å². The summed E-state index contributed by atoms with van der Waals surface area (Å²) in [6.07, 6.45) is 0.421. The smallest absolute Gasteiger partial charge is 0.330 e. The molecule has 0 unspecified atom stereocenters. The lowest BCUT2D eigenvalue weighted by Gasteiger charge is -2.24. The van der Waals surface area contributed by atoms with E-state index in [1.54, 1.807) is 24.3 Å². The van der Waals surface area contributed by atoms with Crippen molar-refractivity contribution in [3.05, 3.63) is 29.3 Å². The molecule has 5 nitrogen and oxygen atoms in total.